The second-order valence-electron chi connectivity index (χ2n) is 6.76. The van der Waals surface area contributed by atoms with Gasteiger partial charge in [-0.05, 0) is 37.2 Å². The zero-order chi connectivity index (χ0) is 18.5. The van der Waals surface area contributed by atoms with Gasteiger partial charge in [-0.3, -0.25) is 4.90 Å². The van der Waals surface area contributed by atoms with E-state index < -0.39 is 0 Å². The summed E-state index contributed by atoms with van der Waals surface area (Å²) < 4.78 is 5.50. The topological polar surface area (TPSA) is 44.4 Å². The average Bonchev–Trinajstić information content (AvgIpc) is 3.14. The smallest absolute Gasteiger partial charge is 0.166 e. The minimum atomic E-state index is 0.966. The van der Waals surface area contributed by atoms with Gasteiger partial charge in [-0.1, -0.05) is 36.0 Å². The fourth-order valence-electron chi connectivity index (χ4n) is 3.56. The van der Waals surface area contributed by atoms with E-state index in [4.69, 9.17) is 4.74 Å². The summed E-state index contributed by atoms with van der Waals surface area (Å²) in [6.07, 6.45) is 1.18. The van der Waals surface area contributed by atoms with Crippen LogP contribution in [0.5, 0.6) is 5.75 Å². The molecule has 0 bridgehead atoms. The molecule has 0 unspecified atom stereocenters. The van der Waals surface area contributed by atoms with Crippen molar-refractivity contribution in [2.45, 2.75) is 11.6 Å². The van der Waals surface area contributed by atoms with Gasteiger partial charge in [0.25, 0.3) is 0 Å². The van der Waals surface area contributed by atoms with Gasteiger partial charge in [0, 0.05) is 31.9 Å². The van der Waals surface area contributed by atoms with Gasteiger partial charge in [0.2, 0.25) is 0 Å². The van der Waals surface area contributed by atoms with Gasteiger partial charge in [0.1, 0.15) is 5.75 Å². The molecule has 1 N–H and O–H groups in total. The Hall–Kier alpha value is -2.18. The van der Waals surface area contributed by atoms with Crippen molar-refractivity contribution in [3.05, 3.63) is 48.5 Å². The number of methoxy groups -OCH3 is 1. The van der Waals surface area contributed by atoms with E-state index in [1.807, 2.05) is 36.0 Å². The molecule has 0 atom stereocenters. The van der Waals surface area contributed by atoms with Crippen LogP contribution in [0.15, 0.2) is 53.7 Å². The number of hydrogen-bond donors (Lipinski definition) is 1. The molecule has 1 aromatic heterocycles. The van der Waals surface area contributed by atoms with E-state index in [9.17, 15) is 0 Å². The molecule has 0 saturated carbocycles. The van der Waals surface area contributed by atoms with Crippen LogP contribution in [0.25, 0.3) is 11.0 Å². The standard InChI is InChI=1S/C21H26N4OS/c1-26-20-10-5-4-9-19(20)25-14-12-24(13-15-25)11-6-16-27-21-22-17-7-2-3-8-18(17)23-21/h2-5,7-10H,6,11-16H2,1H3,(H,22,23). The zero-order valence-corrected chi connectivity index (χ0v) is 16.5. The number of fused-ring (bicyclic) bond motifs is 1. The number of rotatable bonds is 7. The second-order valence-corrected chi connectivity index (χ2v) is 7.85. The molecular weight excluding hydrogens is 356 g/mol. The number of thioether (sulfide) groups is 1. The van der Waals surface area contributed by atoms with Crippen LogP contribution in [0.1, 0.15) is 6.42 Å². The lowest BCUT2D eigenvalue weighted by Gasteiger charge is -2.36. The molecule has 2 heterocycles. The van der Waals surface area contributed by atoms with Gasteiger partial charge in [-0.15, -0.1) is 0 Å². The SMILES string of the molecule is COc1ccccc1N1CCN(CCCSc2nc3ccccc3[nH]2)CC1. The Morgan fingerprint density at radius 3 is 2.63 bits per heavy atom. The molecule has 1 aliphatic heterocycles. The summed E-state index contributed by atoms with van der Waals surface area (Å²) in [6, 6.07) is 16.5. The molecular formula is C21H26N4OS. The molecule has 1 fully saturated rings. The van der Waals surface area contributed by atoms with Gasteiger partial charge in [-0.2, -0.15) is 0 Å². The van der Waals surface area contributed by atoms with Crippen LogP contribution in [0.4, 0.5) is 5.69 Å². The number of benzene rings is 2. The van der Waals surface area contributed by atoms with Gasteiger partial charge >= 0.3 is 0 Å². The lowest BCUT2D eigenvalue weighted by atomic mass is 10.2. The molecule has 4 rings (SSSR count). The Morgan fingerprint density at radius 2 is 1.81 bits per heavy atom. The number of hydrogen-bond acceptors (Lipinski definition) is 5. The van der Waals surface area contributed by atoms with Crippen LogP contribution in [0.2, 0.25) is 0 Å². The maximum atomic E-state index is 5.50. The summed E-state index contributed by atoms with van der Waals surface area (Å²) in [5.41, 5.74) is 3.38. The molecule has 6 heteroatoms. The Labute approximate surface area is 164 Å². The highest BCUT2D eigenvalue weighted by molar-refractivity contribution is 7.99. The number of anilines is 1. The molecule has 0 radical (unpaired) electrons. The summed E-state index contributed by atoms with van der Waals surface area (Å²) in [5.74, 6) is 2.06. The fraction of sp³-hybridized carbons (Fsp3) is 0.381. The Kier molecular flexibility index (Phi) is 5.84. The largest absolute Gasteiger partial charge is 0.495 e. The fourth-order valence-corrected chi connectivity index (χ4v) is 4.37. The summed E-state index contributed by atoms with van der Waals surface area (Å²) in [4.78, 5) is 13.0. The predicted octanol–water partition coefficient (Wildman–Crippen LogP) is 3.88. The van der Waals surface area contributed by atoms with E-state index >= 15 is 0 Å². The average molecular weight is 383 g/mol. The normalized spacial score (nSPS) is 15.4. The van der Waals surface area contributed by atoms with Crippen molar-refractivity contribution in [2.24, 2.45) is 0 Å². The predicted molar refractivity (Wildman–Crippen MR) is 113 cm³/mol. The lowest BCUT2D eigenvalue weighted by molar-refractivity contribution is 0.258. The highest BCUT2D eigenvalue weighted by atomic mass is 32.2. The first-order valence-electron chi connectivity index (χ1n) is 9.51. The van der Waals surface area contributed by atoms with Crippen LogP contribution in [0, 0.1) is 0 Å². The molecule has 1 aliphatic rings. The highest BCUT2D eigenvalue weighted by Crippen LogP contribution is 2.28. The third-order valence-electron chi connectivity index (χ3n) is 5.02. The summed E-state index contributed by atoms with van der Waals surface area (Å²) in [6.45, 7) is 5.46. The molecule has 0 spiro atoms. The molecule has 0 amide bonds. The van der Waals surface area contributed by atoms with Gasteiger partial charge in [0.05, 0.1) is 23.8 Å². The quantitative estimate of drug-likeness (QED) is 0.496. The number of nitrogens with one attached hydrogen (secondary N) is 1. The minimum absolute atomic E-state index is 0.966. The van der Waals surface area contributed by atoms with Crippen molar-refractivity contribution >= 4 is 28.5 Å². The molecule has 27 heavy (non-hydrogen) atoms. The first-order chi connectivity index (χ1) is 13.3. The summed E-state index contributed by atoms with van der Waals surface area (Å²) in [5, 5.41) is 1.03. The number of aromatic amines is 1. The van der Waals surface area contributed by atoms with Crippen LogP contribution >= 0.6 is 11.8 Å². The molecule has 142 valence electrons. The number of H-pyrrole nitrogens is 1. The van der Waals surface area contributed by atoms with Crippen molar-refractivity contribution < 1.29 is 4.74 Å². The third-order valence-corrected chi connectivity index (χ3v) is 5.98. The highest BCUT2D eigenvalue weighted by Gasteiger charge is 2.19. The maximum Gasteiger partial charge on any atom is 0.166 e. The minimum Gasteiger partial charge on any atom is -0.495 e. The third kappa shape index (κ3) is 4.39. The number of ether oxygens (including phenoxy) is 1. The summed E-state index contributed by atoms with van der Waals surface area (Å²) >= 11 is 1.82. The number of aromatic nitrogens is 2. The molecule has 5 nitrogen and oxygen atoms in total. The summed E-state index contributed by atoms with van der Waals surface area (Å²) in [7, 11) is 1.74. The van der Waals surface area contributed by atoms with E-state index in [0.717, 1.165) is 60.4 Å². The van der Waals surface area contributed by atoms with Crippen molar-refractivity contribution in [2.75, 3.05) is 50.5 Å². The number of imidazole rings is 1. The van der Waals surface area contributed by atoms with Gasteiger partial charge < -0.3 is 14.6 Å². The van der Waals surface area contributed by atoms with E-state index in [2.05, 4.69) is 44.0 Å². The van der Waals surface area contributed by atoms with E-state index in [1.54, 1.807) is 7.11 Å². The first kappa shape index (κ1) is 18.2. The van der Waals surface area contributed by atoms with Gasteiger partial charge in [-0.25, -0.2) is 4.98 Å². The molecule has 1 saturated heterocycles. The second kappa shape index (κ2) is 8.67. The molecule has 3 aromatic rings. The van der Waals surface area contributed by atoms with Crippen LogP contribution in [-0.2, 0) is 0 Å². The molecule has 2 aromatic carbocycles. The molecule has 0 aliphatic carbocycles. The van der Waals surface area contributed by atoms with Crippen molar-refractivity contribution in [3.8, 4) is 5.75 Å². The van der Waals surface area contributed by atoms with Crippen molar-refractivity contribution in [1.29, 1.82) is 0 Å². The lowest BCUT2D eigenvalue weighted by Crippen LogP contribution is -2.46. The van der Waals surface area contributed by atoms with Crippen LogP contribution in [-0.4, -0.2) is 60.5 Å². The monoisotopic (exact) mass is 382 g/mol. The van der Waals surface area contributed by atoms with E-state index in [-0.39, 0.29) is 0 Å². The Bertz CT molecular complexity index is 840. The number of para-hydroxylation sites is 4. The zero-order valence-electron chi connectivity index (χ0n) is 15.7. The number of nitrogens with zero attached hydrogens (tertiary/aromatic N) is 3. The van der Waals surface area contributed by atoms with Crippen LogP contribution in [0.3, 0.4) is 0 Å². The number of piperazine rings is 1. The Balaban J connectivity index is 1.20. The van der Waals surface area contributed by atoms with Gasteiger partial charge in [0.15, 0.2) is 5.16 Å². The van der Waals surface area contributed by atoms with Crippen LogP contribution < -0.4 is 9.64 Å². The van der Waals surface area contributed by atoms with Crippen molar-refractivity contribution in [3.63, 3.8) is 0 Å². The Morgan fingerprint density at radius 1 is 1.04 bits per heavy atom. The van der Waals surface area contributed by atoms with E-state index in [0.29, 0.717) is 0 Å². The first-order valence-corrected chi connectivity index (χ1v) is 10.5. The maximum absolute atomic E-state index is 5.50. The van der Waals surface area contributed by atoms with Crippen molar-refractivity contribution in [1.82, 2.24) is 14.9 Å². The van der Waals surface area contributed by atoms with E-state index in [1.165, 1.54) is 12.1 Å².